The van der Waals surface area contributed by atoms with Gasteiger partial charge in [-0.25, -0.2) is 4.39 Å². The minimum absolute atomic E-state index is 0.195. The summed E-state index contributed by atoms with van der Waals surface area (Å²) in [6.45, 7) is 0. The van der Waals surface area contributed by atoms with Crippen LogP contribution in [0.25, 0.3) is 0 Å². The first-order valence-electron chi connectivity index (χ1n) is 5.51. The van der Waals surface area contributed by atoms with Crippen molar-refractivity contribution in [2.24, 2.45) is 0 Å². The lowest BCUT2D eigenvalue weighted by Gasteiger charge is -2.14. The first-order valence-corrected chi connectivity index (χ1v) is 5.51. The van der Waals surface area contributed by atoms with Crippen LogP contribution in [-0.4, -0.2) is 6.29 Å². The van der Waals surface area contributed by atoms with Crippen molar-refractivity contribution in [3.05, 3.63) is 59.4 Å². The molecule has 0 aliphatic carbocycles. The molecule has 2 aromatic rings. The molecule has 0 aliphatic rings. The SMILES string of the molecule is O=Cc1c(F)cccc1Oc1ccccc1C(F)(F)F. The van der Waals surface area contributed by atoms with E-state index in [1.165, 1.54) is 24.3 Å². The molecule has 0 saturated carbocycles. The molecule has 0 bridgehead atoms. The predicted molar refractivity (Wildman–Crippen MR) is 63.3 cm³/mol. The Morgan fingerprint density at radius 3 is 2.25 bits per heavy atom. The van der Waals surface area contributed by atoms with Gasteiger partial charge in [-0.2, -0.15) is 13.2 Å². The molecule has 0 aliphatic heterocycles. The van der Waals surface area contributed by atoms with Gasteiger partial charge >= 0.3 is 6.18 Å². The van der Waals surface area contributed by atoms with Crippen molar-refractivity contribution in [2.45, 2.75) is 6.18 Å². The van der Waals surface area contributed by atoms with Gasteiger partial charge in [-0.05, 0) is 24.3 Å². The molecule has 20 heavy (non-hydrogen) atoms. The zero-order valence-corrected chi connectivity index (χ0v) is 9.95. The number of para-hydroxylation sites is 1. The van der Waals surface area contributed by atoms with Crippen LogP contribution in [0.4, 0.5) is 17.6 Å². The van der Waals surface area contributed by atoms with Gasteiger partial charge in [0, 0.05) is 0 Å². The van der Waals surface area contributed by atoms with Gasteiger partial charge in [-0.15, -0.1) is 0 Å². The summed E-state index contributed by atoms with van der Waals surface area (Å²) < 4.78 is 56.8. The summed E-state index contributed by atoms with van der Waals surface area (Å²) in [4.78, 5) is 10.8. The first-order chi connectivity index (χ1) is 9.43. The normalized spacial score (nSPS) is 11.2. The van der Waals surface area contributed by atoms with Crippen molar-refractivity contribution < 1.29 is 27.1 Å². The lowest BCUT2D eigenvalue weighted by atomic mass is 10.1. The number of rotatable bonds is 3. The minimum atomic E-state index is -4.61. The van der Waals surface area contributed by atoms with Crippen LogP contribution in [0.5, 0.6) is 11.5 Å². The molecule has 2 rings (SSSR count). The molecule has 0 heterocycles. The molecule has 0 aromatic heterocycles. The largest absolute Gasteiger partial charge is 0.456 e. The molecule has 0 atom stereocenters. The summed E-state index contributed by atoms with van der Waals surface area (Å²) in [5, 5.41) is 0. The summed E-state index contributed by atoms with van der Waals surface area (Å²) in [6.07, 6.45) is -4.41. The van der Waals surface area contributed by atoms with Crippen LogP contribution in [0.3, 0.4) is 0 Å². The molecule has 0 N–H and O–H groups in total. The van der Waals surface area contributed by atoms with E-state index in [4.69, 9.17) is 4.74 Å². The van der Waals surface area contributed by atoms with Gasteiger partial charge in [-0.1, -0.05) is 18.2 Å². The van der Waals surface area contributed by atoms with Crippen molar-refractivity contribution in [2.75, 3.05) is 0 Å². The Morgan fingerprint density at radius 2 is 1.60 bits per heavy atom. The van der Waals surface area contributed by atoms with Crippen LogP contribution in [0, 0.1) is 5.82 Å². The maximum atomic E-state index is 13.4. The van der Waals surface area contributed by atoms with Gasteiger partial charge in [0.15, 0.2) is 6.29 Å². The zero-order valence-electron chi connectivity index (χ0n) is 9.95. The number of halogens is 4. The van der Waals surface area contributed by atoms with Crippen molar-refractivity contribution >= 4 is 6.29 Å². The Morgan fingerprint density at radius 1 is 0.950 bits per heavy atom. The fraction of sp³-hybridized carbons (Fsp3) is 0.0714. The lowest BCUT2D eigenvalue weighted by Crippen LogP contribution is -2.07. The van der Waals surface area contributed by atoms with Crippen LogP contribution < -0.4 is 4.74 Å². The van der Waals surface area contributed by atoms with E-state index in [1.54, 1.807) is 0 Å². The van der Waals surface area contributed by atoms with Crippen molar-refractivity contribution in [1.82, 2.24) is 0 Å². The Bertz CT molecular complexity index is 635. The molecule has 104 valence electrons. The van der Waals surface area contributed by atoms with Gasteiger partial charge in [0.05, 0.1) is 11.1 Å². The second-order valence-corrected chi connectivity index (χ2v) is 3.87. The third kappa shape index (κ3) is 2.79. The highest BCUT2D eigenvalue weighted by Crippen LogP contribution is 2.38. The molecular weight excluding hydrogens is 276 g/mol. The van der Waals surface area contributed by atoms with Crippen LogP contribution in [0.15, 0.2) is 42.5 Å². The Balaban J connectivity index is 2.46. The van der Waals surface area contributed by atoms with Crippen molar-refractivity contribution in [3.8, 4) is 11.5 Å². The number of ether oxygens (including phenoxy) is 1. The molecule has 0 spiro atoms. The van der Waals surface area contributed by atoms with Gasteiger partial charge in [0.25, 0.3) is 0 Å². The molecule has 6 heteroatoms. The van der Waals surface area contributed by atoms with Gasteiger partial charge < -0.3 is 4.74 Å². The molecule has 2 aromatic carbocycles. The Kier molecular flexibility index (Phi) is 3.74. The molecule has 0 unspecified atom stereocenters. The van der Waals surface area contributed by atoms with Crippen LogP contribution in [0.1, 0.15) is 15.9 Å². The monoisotopic (exact) mass is 284 g/mol. The second kappa shape index (κ2) is 5.32. The molecule has 0 radical (unpaired) electrons. The smallest absolute Gasteiger partial charge is 0.419 e. The van der Waals surface area contributed by atoms with Crippen LogP contribution in [-0.2, 0) is 6.18 Å². The average Bonchev–Trinajstić information content (AvgIpc) is 2.38. The number of carbonyl (C=O) groups excluding carboxylic acids is 1. The third-order valence-corrected chi connectivity index (χ3v) is 2.54. The molecular formula is C14H8F4O2. The van der Waals surface area contributed by atoms with Crippen molar-refractivity contribution in [3.63, 3.8) is 0 Å². The van der Waals surface area contributed by atoms with E-state index in [-0.39, 0.29) is 12.0 Å². The highest BCUT2D eigenvalue weighted by Gasteiger charge is 2.34. The Labute approximate surface area is 111 Å². The topological polar surface area (TPSA) is 26.3 Å². The number of carbonyl (C=O) groups is 1. The maximum absolute atomic E-state index is 13.4. The summed E-state index contributed by atoms with van der Waals surface area (Å²) in [5.41, 5.74) is -1.43. The lowest BCUT2D eigenvalue weighted by molar-refractivity contribution is -0.138. The van der Waals surface area contributed by atoms with E-state index in [1.807, 2.05) is 0 Å². The van der Waals surface area contributed by atoms with E-state index in [0.29, 0.717) is 0 Å². The summed E-state index contributed by atoms with van der Waals surface area (Å²) in [7, 11) is 0. The number of benzene rings is 2. The zero-order chi connectivity index (χ0) is 14.8. The van der Waals surface area contributed by atoms with Crippen molar-refractivity contribution in [1.29, 1.82) is 0 Å². The maximum Gasteiger partial charge on any atom is 0.419 e. The average molecular weight is 284 g/mol. The fourth-order valence-electron chi connectivity index (χ4n) is 1.63. The van der Waals surface area contributed by atoms with Crippen LogP contribution >= 0.6 is 0 Å². The minimum Gasteiger partial charge on any atom is -0.456 e. The third-order valence-electron chi connectivity index (χ3n) is 2.54. The summed E-state index contributed by atoms with van der Waals surface area (Å²) in [5.74, 6) is -1.62. The van der Waals surface area contributed by atoms with E-state index in [9.17, 15) is 22.4 Å². The van der Waals surface area contributed by atoms with E-state index in [0.717, 1.165) is 18.2 Å². The Hall–Kier alpha value is -2.37. The molecule has 2 nitrogen and oxygen atoms in total. The predicted octanol–water partition coefficient (Wildman–Crippen LogP) is 4.45. The van der Waals surface area contributed by atoms with E-state index in [2.05, 4.69) is 0 Å². The van der Waals surface area contributed by atoms with Gasteiger partial charge in [-0.3, -0.25) is 4.79 Å². The quantitative estimate of drug-likeness (QED) is 0.615. The second-order valence-electron chi connectivity index (χ2n) is 3.87. The number of alkyl halides is 3. The van der Waals surface area contributed by atoms with Gasteiger partial charge in [0.2, 0.25) is 0 Å². The number of aldehydes is 1. The highest BCUT2D eigenvalue weighted by atomic mass is 19.4. The number of hydrogen-bond donors (Lipinski definition) is 0. The van der Waals surface area contributed by atoms with E-state index >= 15 is 0 Å². The van der Waals surface area contributed by atoms with Crippen LogP contribution in [0.2, 0.25) is 0 Å². The molecule has 0 saturated heterocycles. The van der Waals surface area contributed by atoms with Gasteiger partial charge in [0.1, 0.15) is 17.3 Å². The summed E-state index contributed by atoms with van der Waals surface area (Å²) >= 11 is 0. The highest BCUT2D eigenvalue weighted by molar-refractivity contribution is 5.79. The summed E-state index contributed by atoms with van der Waals surface area (Å²) in [6, 6.07) is 7.99. The molecule has 0 fully saturated rings. The first kappa shape index (κ1) is 14.0. The fourth-order valence-corrected chi connectivity index (χ4v) is 1.63. The number of hydrogen-bond acceptors (Lipinski definition) is 2. The van der Waals surface area contributed by atoms with E-state index < -0.39 is 28.9 Å². The molecule has 0 amide bonds. The standard InChI is InChI=1S/C14H8F4O2/c15-11-5-3-7-12(9(11)8-19)20-13-6-2-1-4-10(13)14(16,17)18/h1-8H.